The molecule has 0 aliphatic rings. The first-order valence-corrected chi connectivity index (χ1v) is 6.94. The van der Waals surface area contributed by atoms with Gasteiger partial charge >= 0.3 is 0 Å². The Labute approximate surface area is 137 Å². The third kappa shape index (κ3) is 3.65. The zero-order valence-electron chi connectivity index (χ0n) is 12.8. The van der Waals surface area contributed by atoms with Crippen LogP contribution in [-0.4, -0.2) is 27.2 Å². The van der Waals surface area contributed by atoms with Gasteiger partial charge in [0.05, 0.1) is 32.0 Å². The van der Waals surface area contributed by atoms with Crippen molar-refractivity contribution in [3.8, 4) is 17.2 Å². The smallest absolute Gasteiger partial charge is 0.255 e. The standard InChI is InChI=1S/C16H15ClFNO4/c1-21-13-5-4-9(6-11(13)18)16(20)19-12-8-14(22-2)10(17)7-15(12)23-3/h4-8H,1-3H3,(H,19,20). The lowest BCUT2D eigenvalue weighted by Gasteiger charge is -2.13. The van der Waals surface area contributed by atoms with E-state index in [0.29, 0.717) is 22.2 Å². The van der Waals surface area contributed by atoms with Crippen LogP contribution in [-0.2, 0) is 0 Å². The highest BCUT2D eigenvalue weighted by molar-refractivity contribution is 6.32. The van der Waals surface area contributed by atoms with Gasteiger partial charge in [-0.25, -0.2) is 4.39 Å². The van der Waals surface area contributed by atoms with Gasteiger partial charge in [-0.05, 0) is 18.2 Å². The molecule has 0 aliphatic heterocycles. The summed E-state index contributed by atoms with van der Waals surface area (Å²) in [6, 6.07) is 6.97. The summed E-state index contributed by atoms with van der Waals surface area (Å²) in [5.74, 6) is -0.330. The number of hydrogen-bond donors (Lipinski definition) is 1. The number of amides is 1. The highest BCUT2D eigenvalue weighted by atomic mass is 35.5. The molecule has 0 radical (unpaired) electrons. The summed E-state index contributed by atoms with van der Waals surface area (Å²) in [4.78, 5) is 12.3. The maximum absolute atomic E-state index is 13.7. The minimum Gasteiger partial charge on any atom is -0.495 e. The van der Waals surface area contributed by atoms with Gasteiger partial charge in [0.2, 0.25) is 0 Å². The molecule has 0 aliphatic carbocycles. The number of ether oxygens (including phenoxy) is 3. The first kappa shape index (κ1) is 16.9. The molecule has 2 aromatic carbocycles. The van der Waals surface area contributed by atoms with E-state index in [1.165, 1.54) is 45.6 Å². The fourth-order valence-corrected chi connectivity index (χ4v) is 2.19. The Hall–Kier alpha value is -2.47. The number of carbonyl (C=O) groups excluding carboxylic acids is 1. The SMILES string of the molecule is COc1ccc(C(=O)Nc2cc(OC)c(Cl)cc2OC)cc1F. The van der Waals surface area contributed by atoms with Gasteiger partial charge < -0.3 is 19.5 Å². The number of carbonyl (C=O) groups is 1. The average Bonchev–Trinajstić information content (AvgIpc) is 2.55. The Balaban J connectivity index is 2.31. The number of hydrogen-bond acceptors (Lipinski definition) is 4. The van der Waals surface area contributed by atoms with Gasteiger partial charge in [0.15, 0.2) is 11.6 Å². The van der Waals surface area contributed by atoms with Crippen LogP contribution in [0.1, 0.15) is 10.4 Å². The van der Waals surface area contributed by atoms with Crippen molar-refractivity contribution in [1.29, 1.82) is 0 Å². The summed E-state index contributed by atoms with van der Waals surface area (Å²) in [6.45, 7) is 0. The van der Waals surface area contributed by atoms with Gasteiger partial charge in [0.1, 0.15) is 11.5 Å². The Morgan fingerprint density at radius 3 is 2.22 bits per heavy atom. The van der Waals surface area contributed by atoms with Crippen LogP contribution in [0.15, 0.2) is 30.3 Å². The van der Waals surface area contributed by atoms with Gasteiger partial charge in [0.25, 0.3) is 5.91 Å². The normalized spacial score (nSPS) is 10.1. The quantitative estimate of drug-likeness (QED) is 0.901. The summed E-state index contributed by atoms with van der Waals surface area (Å²) in [6.07, 6.45) is 0. The van der Waals surface area contributed by atoms with E-state index >= 15 is 0 Å². The van der Waals surface area contributed by atoms with E-state index in [0.717, 1.165) is 6.07 Å². The van der Waals surface area contributed by atoms with Crippen LogP contribution in [0.5, 0.6) is 17.2 Å². The van der Waals surface area contributed by atoms with Crippen molar-refractivity contribution in [2.24, 2.45) is 0 Å². The first-order chi connectivity index (χ1) is 11.0. The maximum atomic E-state index is 13.7. The zero-order chi connectivity index (χ0) is 17.0. The predicted molar refractivity (Wildman–Crippen MR) is 85.5 cm³/mol. The molecule has 0 aromatic heterocycles. The minimum absolute atomic E-state index is 0.0623. The molecule has 7 heteroatoms. The second-order valence-corrected chi connectivity index (χ2v) is 4.90. The molecular weight excluding hydrogens is 325 g/mol. The van der Waals surface area contributed by atoms with Crippen molar-refractivity contribution in [2.45, 2.75) is 0 Å². The molecule has 2 rings (SSSR count). The fourth-order valence-electron chi connectivity index (χ4n) is 1.96. The highest BCUT2D eigenvalue weighted by Gasteiger charge is 2.15. The van der Waals surface area contributed by atoms with Crippen LogP contribution >= 0.6 is 11.6 Å². The second-order valence-electron chi connectivity index (χ2n) is 4.49. The third-order valence-corrected chi connectivity index (χ3v) is 3.43. The van der Waals surface area contributed by atoms with Crippen LogP contribution in [0.2, 0.25) is 5.02 Å². The van der Waals surface area contributed by atoms with E-state index < -0.39 is 11.7 Å². The molecule has 0 atom stereocenters. The van der Waals surface area contributed by atoms with Crippen molar-refractivity contribution in [3.05, 3.63) is 46.7 Å². The van der Waals surface area contributed by atoms with Crippen molar-refractivity contribution >= 4 is 23.2 Å². The van der Waals surface area contributed by atoms with Gasteiger partial charge in [-0.1, -0.05) is 11.6 Å². The van der Waals surface area contributed by atoms with Crippen LogP contribution in [0.4, 0.5) is 10.1 Å². The lowest BCUT2D eigenvalue weighted by atomic mass is 10.2. The molecule has 0 saturated carbocycles. The minimum atomic E-state index is -0.624. The van der Waals surface area contributed by atoms with Crippen LogP contribution in [0.25, 0.3) is 0 Å². The second kappa shape index (κ2) is 7.19. The van der Waals surface area contributed by atoms with E-state index in [2.05, 4.69) is 5.32 Å². The lowest BCUT2D eigenvalue weighted by Crippen LogP contribution is -2.13. The van der Waals surface area contributed by atoms with E-state index in [1.807, 2.05) is 0 Å². The summed E-state index contributed by atoms with van der Waals surface area (Å²) in [5, 5.41) is 2.98. The Morgan fingerprint density at radius 1 is 1.00 bits per heavy atom. The molecule has 23 heavy (non-hydrogen) atoms. The summed E-state index contributed by atoms with van der Waals surface area (Å²) >= 11 is 6.01. The molecular formula is C16H15ClFNO4. The number of nitrogens with one attached hydrogen (secondary N) is 1. The molecule has 0 spiro atoms. The van der Waals surface area contributed by atoms with Crippen LogP contribution < -0.4 is 19.5 Å². The van der Waals surface area contributed by atoms with Crippen molar-refractivity contribution in [1.82, 2.24) is 0 Å². The van der Waals surface area contributed by atoms with Gasteiger partial charge in [-0.2, -0.15) is 0 Å². The Kier molecular flexibility index (Phi) is 5.28. The van der Waals surface area contributed by atoms with E-state index in [9.17, 15) is 9.18 Å². The summed E-state index contributed by atoms with van der Waals surface area (Å²) in [7, 11) is 4.25. The molecule has 0 fully saturated rings. The molecule has 5 nitrogen and oxygen atoms in total. The topological polar surface area (TPSA) is 56.8 Å². The molecule has 2 aromatic rings. The zero-order valence-corrected chi connectivity index (χ0v) is 13.5. The maximum Gasteiger partial charge on any atom is 0.255 e. The monoisotopic (exact) mass is 339 g/mol. The number of rotatable bonds is 5. The van der Waals surface area contributed by atoms with E-state index in [-0.39, 0.29) is 11.3 Å². The number of methoxy groups -OCH3 is 3. The van der Waals surface area contributed by atoms with E-state index in [4.69, 9.17) is 25.8 Å². The van der Waals surface area contributed by atoms with E-state index in [1.54, 1.807) is 0 Å². The predicted octanol–water partition coefficient (Wildman–Crippen LogP) is 3.76. The third-order valence-electron chi connectivity index (χ3n) is 3.14. The largest absolute Gasteiger partial charge is 0.495 e. The Morgan fingerprint density at radius 2 is 1.65 bits per heavy atom. The molecule has 1 N–H and O–H groups in total. The number of benzene rings is 2. The molecule has 0 unspecified atom stereocenters. The fraction of sp³-hybridized carbons (Fsp3) is 0.188. The van der Waals surface area contributed by atoms with Gasteiger partial charge in [-0.3, -0.25) is 4.79 Å². The van der Waals surface area contributed by atoms with Crippen molar-refractivity contribution < 1.29 is 23.4 Å². The lowest BCUT2D eigenvalue weighted by molar-refractivity contribution is 0.102. The first-order valence-electron chi connectivity index (χ1n) is 6.56. The highest BCUT2D eigenvalue weighted by Crippen LogP contribution is 2.36. The van der Waals surface area contributed by atoms with Gasteiger partial charge in [-0.15, -0.1) is 0 Å². The summed E-state index contributed by atoms with van der Waals surface area (Å²) in [5.41, 5.74) is 0.495. The average molecular weight is 340 g/mol. The van der Waals surface area contributed by atoms with Crippen molar-refractivity contribution in [3.63, 3.8) is 0 Å². The molecule has 0 bridgehead atoms. The Bertz CT molecular complexity index is 736. The van der Waals surface area contributed by atoms with Gasteiger partial charge in [0, 0.05) is 17.7 Å². The molecule has 0 saturated heterocycles. The molecule has 122 valence electrons. The number of anilines is 1. The van der Waals surface area contributed by atoms with Crippen LogP contribution in [0, 0.1) is 5.82 Å². The van der Waals surface area contributed by atoms with Crippen LogP contribution in [0.3, 0.4) is 0 Å². The number of halogens is 2. The molecule has 1 amide bonds. The summed E-state index contributed by atoms with van der Waals surface area (Å²) < 4.78 is 28.8. The molecule has 0 heterocycles. The van der Waals surface area contributed by atoms with Crippen molar-refractivity contribution in [2.75, 3.05) is 26.6 Å².